The van der Waals surface area contributed by atoms with E-state index < -0.39 is 6.98 Å². The second kappa shape index (κ2) is 9.90. The lowest BCUT2D eigenvalue weighted by Gasteiger charge is -2.27. The zero-order valence-corrected chi connectivity index (χ0v) is 18.3. The largest absolute Gasteiger partial charge is 0.373 e. The molecule has 4 heterocycles. The number of aromatic nitrogens is 3. The highest BCUT2D eigenvalue weighted by atomic mass is 15.2. The number of nitrogens with zero attached hydrogens (tertiary/aromatic N) is 4. The average molecular weight is 440 g/mol. The van der Waals surface area contributed by atoms with Crippen LogP contribution in [-0.4, -0.2) is 53.0 Å². The van der Waals surface area contributed by atoms with Crippen LogP contribution in [0.3, 0.4) is 0 Å². The molecule has 33 heavy (non-hydrogen) atoms. The van der Waals surface area contributed by atoms with Gasteiger partial charge in [0, 0.05) is 73.5 Å². The van der Waals surface area contributed by atoms with Crippen LogP contribution < -0.4 is 10.6 Å². The topological polar surface area (TPSA) is 66.0 Å². The Morgan fingerprint density at radius 3 is 2.48 bits per heavy atom. The molecule has 0 spiro atoms. The maximum atomic E-state index is 7.61. The number of hydrogen-bond acceptors (Lipinski definition) is 6. The molecule has 1 fully saturated rings. The maximum Gasteiger partial charge on any atom is 0.127 e. The molecule has 4 aromatic rings. The Kier molecular flexibility index (Phi) is 5.36. The van der Waals surface area contributed by atoms with Crippen LogP contribution in [0.1, 0.15) is 9.68 Å². The minimum Gasteiger partial charge on any atom is -0.373 e. The molecule has 1 aliphatic heterocycles. The van der Waals surface area contributed by atoms with Crippen LogP contribution in [0.4, 0.5) is 5.82 Å². The number of piperazine rings is 1. The van der Waals surface area contributed by atoms with E-state index in [0.29, 0.717) is 11.4 Å². The molecule has 1 aliphatic rings. The summed E-state index contributed by atoms with van der Waals surface area (Å²) in [5, 5.41) is 5.91. The zero-order chi connectivity index (χ0) is 25.0. The highest BCUT2D eigenvalue weighted by Crippen LogP contribution is 2.29. The molecule has 6 heteroatoms. The number of pyridine rings is 3. The molecule has 0 unspecified atom stereocenters. The second-order valence-corrected chi connectivity index (χ2v) is 8.15. The molecule has 0 amide bonds. The van der Waals surface area contributed by atoms with Gasteiger partial charge in [-0.3, -0.25) is 14.9 Å². The van der Waals surface area contributed by atoms with Crippen molar-refractivity contribution >= 4 is 5.82 Å². The summed E-state index contributed by atoms with van der Waals surface area (Å²) in [5.74, 6) is 0.260. The molecule has 3 aromatic heterocycles. The van der Waals surface area contributed by atoms with Gasteiger partial charge in [-0.25, -0.2) is 4.98 Å². The predicted octanol–water partition coefficient (Wildman–Crippen LogP) is 4.32. The molecule has 1 saturated heterocycles. The number of hydrogen-bond donors (Lipinski definition) is 2. The second-order valence-electron chi connectivity index (χ2n) is 8.15. The molecule has 0 aliphatic carbocycles. The molecule has 0 bridgehead atoms. The molecular weight excluding hydrogens is 408 g/mol. The van der Waals surface area contributed by atoms with Crippen molar-refractivity contribution in [3.63, 3.8) is 0 Å². The minimum absolute atomic E-state index is 0.260. The Morgan fingerprint density at radius 2 is 1.73 bits per heavy atom. The van der Waals surface area contributed by atoms with E-state index in [2.05, 4.69) is 60.8 Å². The Balaban J connectivity index is 1.44. The van der Waals surface area contributed by atoms with Crippen LogP contribution in [0.5, 0.6) is 0 Å². The molecule has 1 aromatic carbocycles. The van der Waals surface area contributed by atoms with Crippen LogP contribution in [-0.2, 0) is 6.54 Å². The Labute approximate surface area is 199 Å². The molecule has 6 nitrogen and oxygen atoms in total. The molecule has 2 N–H and O–H groups in total. The average Bonchev–Trinajstić information content (AvgIpc) is 2.89. The smallest absolute Gasteiger partial charge is 0.127 e. The van der Waals surface area contributed by atoms with Gasteiger partial charge < -0.3 is 10.6 Å². The normalized spacial score (nSPS) is 15.9. The highest BCUT2D eigenvalue weighted by molar-refractivity contribution is 5.76. The van der Waals surface area contributed by atoms with Crippen molar-refractivity contribution in [3.8, 4) is 33.6 Å². The van der Waals surface area contributed by atoms with E-state index in [-0.39, 0.29) is 5.82 Å². The zero-order valence-electron chi connectivity index (χ0n) is 21.3. The summed E-state index contributed by atoms with van der Waals surface area (Å²) >= 11 is 0. The summed E-state index contributed by atoms with van der Waals surface area (Å²) < 4.78 is 22.8. The van der Waals surface area contributed by atoms with Gasteiger partial charge in [0.1, 0.15) is 5.82 Å². The quantitative estimate of drug-likeness (QED) is 0.466. The lowest BCUT2D eigenvalue weighted by Crippen LogP contribution is -2.42. The van der Waals surface area contributed by atoms with Gasteiger partial charge in [-0.2, -0.15) is 0 Å². The molecule has 5 rings (SSSR count). The SMILES string of the molecule is [2H]C([2H])([2H])Nc1cc(-c2cncc(-c3ccc(CN4CCNCC4)cc3)c2)cc(-c2ccccn2)n1. The predicted molar refractivity (Wildman–Crippen MR) is 134 cm³/mol. The summed E-state index contributed by atoms with van der Waals surface area (Å²) in [5.41, 5.74) is 6.28. The van der Waals surface area contributed by atoms with Crippen molar-refractivity contribution in [1.29, 1.82) is 0 Å². The Bertz CT molecular complexity index is 1300. The van der Waals surface area contributed by atoms with E-state index in [1.54, 1.807) is 18.5 Å². The lowest BCUT2D eigenvalue weighted by atomic mass is 10.0. The van der Waals surface area contributed by atoms with Gasteiger partial charge >= 0.3 is 0 Å². The molecule has 166 valence electrons. The standard InChI is InChI=1S/C27H28N6/c1-28-27-16-22(15-26(32-27)25-4-2-3-9-31-25)24-14-23(17-30-18-24)21-7-5-20(6-8-21)19-33-12-10-29-11-13-33/h2-9,14-18,29H,10-13,19H2,1H3,(H,28,32)/i1D3. The van der Waals surface area contributed by atoms with E-state index in [1.807, 2.05) is 30.5 Å². The van der Waals surface area contributed by atoms with Crippen molar-refractivity contribution < 1.29 is 4.11 Å². The lowest BCUT2D eigenvalue weighted by molar-refractivity contribution is 0.233. The first-order chi connectivity index (χ1) is 17.4. The first kappa shape index (κ1) is 17.9. The van der Waals surface area contributed by atoms with Crippen LogP contribution in [0, 0.1) is 0 Å². The monoisotopic (exact) mass is 439 g/mol. The third-order valence-electron chi connectivity index (χ3n) is 5.86. The van der Waals surface area contributed by atoms with Crippen molar-refractivity contribution in [2.75, 3.05) is 38.5 Å². The third-order valence-corrected chi connectivity index (χ3v) is 5.86. The van der Waals surface area contributed by atoms with Gasteiger partial charge in [-0.05, 0) is 47.0 Å². The first-order valence-electron chi connectivity index (χ1n) is 12.6. The van der Waals surface area contributed by atoms with Crippen LogP contribution in [0.2, 0.25) is 0 Å². The number of rotatable bonds is 6. The van der Waals surface area contributed by atoms with Crippen LogP contribution in [0.15, 0.2) is 79.3 Å². The summed E-state index contributed by atoms with van der Waals surface area (Å²) in [6, 6.07) is 19.9. The van der Waals surface area contributed by atoms with Gasteiger partial charge in [0.05, 0.1) is 11.4 Å². The molecule has 0 atom stereocenters. The molecule has 0 radical (unpaired) electrons. The third kappa shape index (κ3) is 5.08. The first-order valence-corrected chi connectivity index (χ1v) is 11.1. The number of nitrogens with one attached hydrogen (secondary N) is 2. The highest BCUT2D eigenvalue weighted by Gasteiger charge is 2.11. The number of benzene rings is 1. The Hall–Kier alpha value is -3.61. The van der Waals surface area contributed by atoms with Gasteiger partial charge in [0.25, 0.3) is 0 Å². The van der Waals surface area contributed by atoms with Crippen molar-refractivity contribution in [3.05, 3.63) is 84.8 Å². The van der Waals surface area contributed by atoms with Gasteiger partial charge in [0.15, 0.2) is 0 Å². The van der Waals surface area contributed by atoms with Crippen LogP contribution in [0.25, 0.3) is 33.6 Å². The fourth-order valence-electron chi connectivity index (χ4n) is 4.09. The van der Waals surface area contributed by atoms with Crippen molar-refractivity contribution in [2.45, 2.75) is 6.54 Å². The fourth-order valence-corrected chi connectivity index (χ4v) is 4.09. The van der Waals surface area contributed by atoms with E-state index in [1.165, 1.54) is 5.56 Å². The summed E-state index contributed by atoms with van der Waals surface area (Å²) in [7, 11) is 0. The van der Waals surface area contributed by atoms with E-state index in [9.17, 15) is 0 Å². The minimum atomic E-state index is -2.36. The van der Waals surface area contributed by atoms with Crippen LogP contribution >= 0.6 is 0 Å². The summed E-state index contributed by atoms with van der Waals surface area (Å²) in [6.45, 7) is 2.80. The Morgan fingerprint density at radius 1 is 0.909 bits per heavy atom. The maximum absolute atomic E-state index is 7.61. The van der Waals surface area contributed by atoms with Crippen molar-refractivity contribution in [2.24, 2.45) is 0 Å². The van der Waals surface area contributed by atoms with E-state index in [0.717, 1.165) is 55.0 Å². The number of anilines is 1. The van der Waals surface area contributed by atoms with Gasteiger partial charge in [-0.15, -0.1) is 0 Å². The van der Waals surface area contributed by atoms with Gasteiger partial charge in [-0.1, -0.05) is 30.3 Å². The summed E-state index contributed by atoms with van der Waals surface area (Å²) in [4.78, 5) is 15.8. The fraction of sp³-hybridized carbons (Fsp3) is 0.222. The van der Waals surface area contributed by atoms with E-state index >= 15 is 0 Å². The molecule has 0 saturated carbocycles. The summed E-state index contributed by atoms with van der Waals surface area (Å²) in [6.07, 6.45) is 5.31. The molecular formula is C27H28N6. The van der Waals surface area contributed by atoms with Crippen molar-refractivity contribution in [1.82, 2.24) is 25.2 Å². The van der Waals surface area contributed by atoms with E-state index in [4.69, 9.17) is 4.11 Å². The van der Waals surface area contributed by atoms with Gasteiger partial charge in [0.2, 0.25) is 0 Å².